The van der Waals surface area contributed by atoms with Crippen LogP contribution in [0.1, 0.15) is 76.0 Å². The first-order chi connectivity index (χ1) is 8.26. The fourth-order valence-electron chi connectivity index (χ4n) is 2.17. The Morgan fingerprint density at radius 2 is 2.18 bits per heavy atom. The molecule has 0 spiro atoms. The summed E-state index contributed by atoms with van der Waals surface area (Å²) in [6.07, 6.45) is 7.02. The Labute approximate surface area is 103 Å². The average Bonchev–Trinajstić information content (AvgIpc) is 3.08. The average molecular weight is 237 g/mol. The van der Waals surface area contributed by atoms with E-state index in [4.69, 9.17) is 10.3 Å². The maximum absolute atomic E-state index is 6.07. The summed E-state index contributed by atoms with van der Waals surface area (Å²) in [6.45, 7) is 4.37. The van der Waals surface area contributed by atoms with Gasteiger partial charge in [0.05, 0.1) is 6.04 Å². The van der Waals surface area contributed by atoms with Gasteiger partial charge in [-0.1, -0.05) is 31.8 Å². The van der Waals surface area contributed by atoms with Crippen molar-refractivity contribution in [2.75, 3.05) is 0 Å². The Balaban J connectivity index is 1.99. The van der Waals surface area contributed by atoms with E-state index in [9.17, 15) is 0 Å². The van der Waals surface area contributed by atoms with Crippen molar-refractivity contribution in [3.8, 4) is 0 Å². The number of hydrogen-bond acceptors (Lipinski definition) is 4. The van der Waals surface area contributed by atoms with Gasteiger partial charge in [0.1, 0.15) is 0 Å². The van der Waals surface area contributed by atoms with Crippen LogP contribution >= 0.6 is 0 Å². The zero-order valence-corrected chi connectivity index (χ0v) is 10.9. The molecule has 96 valence electrons. The molecule has 2 atom stereocenters. The van der Waals surface area contributed by atoms with Crippen LogP contribution in [0.5, 0.6) is 0 Å². The second-order valence-electron chi connectivity index (χ2n) is 5.10. The van der Waals surface area contributed by atoms with Gasteiger partial charge in [-0.3, -0.25) is 0 Å². The van der Waals surface area contributed by atoms with E-state index in [2.05, 4.69) is 24.0 Å². The highest BCUT2D eigenvalue weighted by Crippen LogP contribution is 2.38. The molecule has 4 nitrogen and oxygen atoms in total. The minimum Gasteiger partial charge on any atom is -0.339 e. The first-order valence-corrected chi connectivity index (χ1v) is 6.85. The smallest absolute Gasteiger partial charge is 0.229 e. The molecule has 1 aromatic rings. The minimum atomic E-state index is -0.0174. The molecule has 2 rings (SSSR count). The third-order valence-corrected chi connectivity index (χ3v) is 3.63. The van der Waals surface area contributed by atoms with Crippen LogP contribution < -0.4 is 5.73 Å². The molecule has 1 saturated carbocycles. The van der Waals surface area contributed by atoms with Crippen molar-refractivity contribution in [2.24, 2.45) is 11.7 Å². The SMILES string of the molecule is CCCCC(CC)c1nc(C(N)C2CC2)no1. The van der Waals surface area contributed by atoms with Gasteiger partial charge in [-0.15, -0.1) is 0 Å². The second kappa shape index (κ2) is 5.63. The third kappa shape index (κ3) is 3.06. The lowest BCUT2D eigenvalue weighted by Crippen LogP contribution is -2.14. The normalized spacial score (nSPS) is 19.2. The molecule has 2 N–H and O–H groups in total. The molecule has 1 fully saturated rings. The van der Waals surface area contributed by atoms with E-state index in [1.54, 1.807) is 0 Å². The van der Waals surface area contributed by atoms with Crippen molar-refractivity contribution < 1.29 is 4.52 Å². The lowest BCUT2D eigenvalue weighted by Gasteiger charge is -2.08. The molecule has 0 aliphatic heterocycles. The Morgan fingerprint density at radius 3 is 2.76 bits per heavy atom. The van der Waals surface area contributed by atoms with Gasteiger partial charge in [-0.25, -0.2) is 0 Å². The fourth-order valence-corrected chi connectivity index (χ4v) is 2.17. The van der Waals surface area contributed by atoms with Crippen molar-refractivity contribution in [2.45, 2.75) is 64.3 Å². The number of aromatic nitrogens is 2. The molecule has 2 unspecified atom stereocenters. The summed E-state index contributed by atoms with van der Waals surface area (Å²) < 4.78 is 5.37. The molecule has 1 aliphatic carbocycles. The molecule has 0 saturated heterocycles. The summed E-state index contributed by atoms with van der Waals surface area (Å²) in [5.74, 6) is 2.48. The Bertz CT molecular complexity index is 346. The number of hydrogen-bond donors (Lipinski definition) is 1. The van der Waals surface area contributed by atoms with Crippen LogP contribution in [0.15, 0.2) is 4.52 Å². The first-order valence-electron chi connectivity index (χ1n) is 6.85. The quantitative estimate of drug-likeness (QED) is 0.791. The van der Waals surface area contributed by atoms with Gasteiger partial charge in [-0.2, -0.15) is 4.98 Å². The molecule has 1 heterocycles. The van der Waals surface area contributed by atoms with Crippen molar-refractivity contribution in [1.29, 1.82) is 0 Å². The van der Waals surface area contributed by atoms with Crippen LogP contribution in [0.3, 0.4) is 0 Å². The van der Waals surface area contributed by atoms with E-state index >= 15 is 0 Å². The highest BCUT2D eigenvalue weighted by Gasteiger charge is 2.33. The van der Waals surface area contributed by atoms with Gasteiger partial charge in [0.25, 0.3) is 0 Å². The highest BCUT2D eigenvalue weighted by atomic mass is 16.5. The van der Waals surface area contributed by atoms with Crippen molar-refractivity contribution in [1.82, 2.24) is 10.1 Å². The summed E-state index contributed by atoms with van der Waals surface area (Å²) in [5, 5.41) is 4.04. The third-order valence-electron chi connectivity index (χ3n) is 3.63. The monoisotopic (exact) mass is 237 g/mol. The number of nitrogens with two attached hydrogens (primary N) is 1. The molecular formula is C13H23N3O. The highest BCUT2D eigenvalue weighted by molar-refractivity contribution is 5.02. The summed E-state index contributed by atoms with van der Waals surface area (Å²) in [6, 6.07) is -0.0174. The van der Waals surface area contributed by atoms with E-state index in [-0.39, 0.29) is 6.04 Å². The summed E-state index contributed by atoms with van der Waals surface area (Å²) in [4.78, 5) is 4.49. The van der Waals surface area contributed by atoms with Gasteiger partial charge in [0.15, 0.2) is 5.82 Å². The molecular weight excluding hydrogens is 214 g/mol. The molecule has 1 aliphatic rings. The molecule has 1 aromatic heterocycles. The van der Waals surface area contributed by atoms with Gasteiger partial charge in [0, 0.05) is 5.92 Å². The maximum atomic E-state index is 6.07. The molecule has 0 amide bonds. The van der Waals surface area contributed by atoms with E-state index in [0.717, 1.165) is 18.7 Å². The standard InChI is InChI=1S/C13H23N3O/c1-3-5-6-9(4-2)13-15-12(16-17-13)11(14)10-7-8-10/h9-11H,3-8,14H2,1-2H3. The Hall–Kier alpha value is -0.900. The second-order valence-corrected chi connectivity index (χ2v) is 5.10. The number of rotatable bonds is 7. The lowest BCUT2D eigenvalue weighted by atomic mass is 9.99. The van der Waals surface area contributed by atoms with Gasteiger partial charge in [0.2, 0.25) is 5.89 Å². The van der Waals surface area contributed by atoms with Crippen LogP contribution in [0.4, 0.5) is 0 Å². The van der Waals surface area contributed by atoms with Gasteiger partial charge < -0.3 is 10.3 Å². The topological polar surface area (TPSA) is 64.9 Å². The minimum absolute atomic E-state index is 0.0174. The van der Waals surface area contributed by atoms with Gasteiger partial charge >= 0.3 is 0 Å². The van der Waals surface area contributed by atoms with E-state index in [1.807, 2.05) is 0 Å². The first kappa shape index (κ1) is 12.6. The lowest BCUT2D eigenvalue weighted by molar-refractivity contribution is 0.333. The maximum Gasteiger partial charge on any atom is 0.229 e. The van der Waals surface area contributed by atoms with Crippen LogP contribution in [0, 0.1) is 5.92 Å². The number of unbranched alkanes of at least 4 members (excludes halogenated alkanes) is 1. The van der Waals surface area contributed by atoms with E-state index < -0.39 is 0 Å². The predicted octanol–water partition coefficient (Wildman–Crippen LogP) is 3.16. The van der Waals surface area contributed by atoms with Gasteiger partial charge in [-0.05, 0) is 31.6 Å². The molecule has 0 aromatic carbocycles. The van der Waals surface area contributed by atoms with Crippen LogP contribution in [0.2, 0.25) is 0 Å². The van der Waals surface area contributed by atoms with Crippen LogP contribution in [0.25, 0.3) is 0 Å². The molecule has 0 radical (unpaired) electrons. The number of nitrogens with zero attached hydrogens (tertiary/aromatic N) is 2. The fraction of sp³-hybridized carbons (Fsp3) is 0.846. The summed E-state index contributed by atoms with van der Waals surface area (Å²) in [7, 11) is 0. The van der Waals surface area contributed by atoms with Crippen molar-refractivity contribution in [3.63, 3.8) is 0 Å². The largest absolute Gasteiger partial charge is 0.339 e. The zero-order chi connectivity index (χ0) is 12.3. The van der Waals surface area contributed by atoms with E-state index in [0.29, 0.717) is 17.7 Å². The summed E-state index contributed by atoms with van der Waals surface area (Å²) >= 11 is 0. The Morgan fingerprint density at radius 1 is 1.41 bits per heavy atom. The van der Waals surface area contributed by atoms with Crippen molar-refractivity contribution >= 4 is 0 Å². The molecule has 4 heteroatoms. The summed E-state index contributed by atoms with van der Waals surface area (Å²) in [5.41, 5.74) is 6.07. The van der Waals surface area contributed by atoms with E-state index in [1.165, 1.54) is 25.7 Å². The molecule has 0 bridgehead atoms. The van der Waals surface area contributed by atoms with Crippen molar-refractivity contribution in [3.05, 3.63) is 11.7 Å². The Kier molecular flexibility index (Phi) is 4.15. The van der Waals surface area contributed by atoms with Crippen LogP contribution in [-0.2, 0) is 0 Å². The zero-order valence-electron chi connectivity index (χ0n) is 10.9. The molecule has 17 heavy (non-hydrogen) atoms. The predicted molar refractivity (Wildman–Crippen MR) is 66.5 cm³/mol. The van der Waals surface area contributed by atoms with Crippen LogP contribution in [-0.4, -0.2) is 10.1 Å².